The molecule has 3 aliphatic rings. The van der Waals surface area contributed by atoms with Gasteiger partial charge in [0.1, 0.15) is 34.3 Å². The Morgan fingerprint density at radius 1 is 1.11 bits per heavy atom. The van der Waals surface area contributed by atoms with Gasteiger partial charge in [0, 0.05) is 35.4 Å². The quantitative estimate of drug-likeness (QED) is 0.156. The number of hydrogen-bond acceptors (Lipinski definition) is 16. The number of likely N-dealkylation sites (N-methyl/N-ethyl adjacent to an activating group) is 1. The maximum absolute atomic E-state index is 17.0. The first kappa shape index (κ1) is 50.2. The van der Waals surface area contributed by atoms with Gasteiger partial charge >= 0.3 is 5.97 Å². The van der Waals surface area contributed by atoms with Crippen LogP contribution in [-0.2, 0) is 44.8 Å². The summed E-state index contributed by atoms with van der Waals surface area (Å²) in [5.41, 5.74) is 1.43. The number of thiazole rings is 1. The van der Waals surface area contributed by atoms with E-state index in [1.807, 2.05) is 51.2 Å². The van der Waals surface area contributed by atoms with Crippen molar-refractivity contribution in [1.29, 1.82) is 0 Å². The number of carbonyl (C=O) groups is 3. The van der Waals surface area contributed by atoms with Crippen molar-refractivity contribution in [1.82, 2.24) is 14.9 Å². The van der Waals surface area contributed by atoms with Gasteiger partial charge in [0.2, 0.25) is 5.91 Å². The molecule has 2 bridgehead atoms. The minimum atomic E-state index is -3.19. The number of fused-ring (bicyclic) bond motifs is 5. The molecule has 350 valence electrons. The van der Waals surface area contributed by atoms with E-state index in [0.717, 1.165) is 6.92 Å². The number of rotatable bonds is 9. The molecule has 5 heterocycles. The molecular weight excluding hydrogens is 836 g/mol. The molecule has 1 unspecified atom stereocenters. The maximum Gasteiger partial charge on any atom is 0.351 e. The number of esters is 1. The van der Waals surface area contributed by atoms with Gasteiger partial charge in [0.15, 0.2) is 18.7 Å². The zero-order valence-corrected chi connectivity index (χ0v) is 39.3. The van der Waals surface area contributed by atoms with Gasteiger partial charge in [-0.2, -0.15) is 0 Å². The summed E-state index contributed by atoms with van der Waals surface area (Å²) in [6.45, 7) is 14.3. The van der Waals surface area contributed by atoms with Gasteiger partial charge in [-0.1, -0.05) is 45.8 Å². The number of halogens is 1. The average Bonchev–Trinajstić information content (AvgIpc) is 3.70. The molecule has 13 atom stereocenters. The summed E-state index contributed by atoms with van der Waals surface area (Å²) in [7, 11) is 3.65. The van der Waals surface area contributed by atoms with Crippen molar-refractivity contribution in [2.24, 2.45) is 33.8 Å². The maximum atomic E-state index is 17.0. The predicted octanol–water partition coefficient (Wildman–Crippen LogP) is 5.72. The summed E-state index contributed by atoms with van der Waals surface area (Å²) in [6, 6.07) is 4.90. The summed E-state index contributed by atoms with van der Waals surface area (Å²) in [5.74, 6) is -5.96. The van der Waals surface area contributed by atoms with Crippen LogP contribution in [0.25, 0.3) is 10.7 Å². The molecule has 0 aliphatic carbocycles. The molecule has 0 saturated carbocycles. The average molecular weight is 903 g/mol. The van der Waals surface area contributed by atoms with Crippen molar-refractivity contribution in [3.05, 3.63) is 29.3 Å². The van der Waals surface area contributed by atoms with Crippen LogP contribution in [0.3, 0.4) is 0 Å². The highest BCUT2D eigenvalue weighted by atomic mass is 32.1. The molecule has 0 spiro atoms. The van der Waals surface area contributed by atoms with E-state index < -0.39 is 82.9 Å². The Morgan fingerprint density at radius 3 is 2.48 bits per heavy atom. The molecule has 63 heavy (non-hydrogen) atoms. The lowest BCUT2D eigenvalue weighted by Gasteiger charge is -2.48. The Balaban J connectivity index is 1.67. The second kappa shape index (κ2) is 20.6. The number of oxime groups is 1. The summed E-state index contributed by atoms with van der Waals surface area (Å²) in [6.07, 6.45) is -4.40. The number of nitrogens with zero attached hydrogens (tertiary/aromatic N) is 5. The first-order valence-corrected chi connectivity index (χ1v) is 22.8. The van der Waals surface area contributed by atoms with Gasteiger partial charge in [-0.3, -0.25) is 9.59 Å². The third-order valence-electron chi connectivity index (χ3n) is 13.0. The molecule has 0 aromatic carbocycles. The Morgan fingerprint density at radius 2 is 1.83 bits per heavy atom. The predicted molar refractivity (Wildman–Crippen MR) is 237 cm³/mol. The SMILES string of the molecule is CCC(=O)N=C1[C@H](C)C[C@@]2(C)OC/C(=N/OCc3csc(-c4cccc(N)n4)n3)CC[C@H]([C@H]1C)[C@](C)(O)[C@@H](CC)OC(=O)[C@@](C)(F)C(=O)C(C)[C@H]2O[C@@H]1O[C@H](C)C[C@H](N(C)C)[C@H]1O. The molecule has 1 amide bonds. The van der Waals surface area contributed by atoms with Crippen LogP contribution in [0, 0.1) is 23.7 Å². The molecule has 2 aromatic heterocycles. The van der Waals surface area contributed by atoms with Gasteiger partial charge in [0.25, 0.3) is 5.67 Å². The number of aliphatic hydroxyl groups excluding tert-OH is 1. The van der Waals surface area contributed by atoms with Gasteiger partial charge in [-0.25, -0.2) is 24.1 Å². The molecule has 18 heteroatoms. The van der Waals surface area contributed by atoms with E-state index >= 15 is 4.39 Å². The number of carbonyl (C=O) groups excluding carboxylic acids is 3. The fourth-order valence-corrected chi connectivity index (χ4v) is 10.2. The molecule has 3 saturated heterocycles. The number of aliphatic hydroxyl groups is 2. The lowest BCUT2D eigenvalue weighted by Crippen LogP contribution is -2.61. The number of pyridine rings is 1. The first-order valence-electron chi connectivity index (χ1n) is 22.0. The molecule has 5 rings (SSSR count). The van der Waals surface area contributed by atoms with Crippen molar-refractivity contribution >= 4 is 46.2 Å². The van der Waals surface area contributed by atoms with E-state index in [4.69, 9.17) is 29.5 Å². The van der Waals surface area contributed by atoms with E-state index in [1.54, 1.807) is 32.9 Å². The highest BCUT2D eigenvalue weighted by molar-refractivity contribution is 7.13. The lowest BCUT2D eigenvalue weighted by molar-refractivity contribution is -0.296. The number of hydrogen-bond donors (Lipinski definition) is 3. The minimum absolute atomic E-state index is 0.00749. The van der Waals surface area contributed by atoms with E-state index in [2.05, 4.69) is 20.1 Å². The van der Waals surface area contributed by atoms with Gasteiger partial charge in [-0.15, -0.1) is 11.3 Å². The number of nitrogen functional groups attached to an aromatic ring is 1. The van der Waals surface area contributed by atoms with E-state index in [9.17, 15) is 24.6 Å². The number of ether oxygens (including phenoxy) is 4. The molecule has 2 aromatic rings. The summed E-state index contributed by atoms with van der Waals surface area (Å²) < 4.78 is 42.6. The smallest absolute Gasteiger partial charge is 0.351 e. The van der Waals surface area contributed by atoms with Crippen molar-refractivity contribution in [2.75, 3.05) is 26.4 Å². The third kappa shape index (κ3) is 11.4. The van der Waals surface area contributed by atoms with E-state index in [-0.39, 0.29) is 57.3 Å². The minimum Gasteiger partial charge on any atom is -0.457 e. The van der Waals surface area contributed by atoms with Crippen LogP contribution in [0.1, 0.15) is 107 Å². The number of aliphatic imine (C=N–C) groups is 1. The molecule has 3 aliphatic heterocycles. The second-order valence-electron chi connectivity index (χ2n) is 18.3. The van der Waals surface area contributed by atoms with Crippen LogP contribution in [-0.4, -0.2) is 128 Å². The number of Topliss-reactive ketones (excluding diaryl/α,β-unsaturated/α-hetero) is 1. The highest BCUT2D eigenvalue weighted by Gasteiger charge is 2.56. The molecule has 4 N–H and O–H groups in total. The Kier molecular flexibility index (Phi) is 16.4. The number of amides is 1. The van der Waals surface area contributed by atoms with Crippen LogP contribution in [0.15, 0.2) is 33.7 Å². The van der Waals surface area contributed by atoms with Crippen LogP contribution >= 0.6 is 11.3 Å². The van der Waals surface area contributed by atoms with Crippen molar-refractivity contribution in [3.8, 4) is 10.7 Å². The first-order chi connectivity index (χ1) is 29.5. The van der Waals surface area contributed by atoms with Gasteiger partial charge in [0.05, 0.1) is 35.8 Å². The Bertz CT molecular complexity index is 1990. The topological polar surface area (TPSA) is 218 Å². The number of alkyl halides is 1. The van der Waals surface area contributed by atoms with Crippen LogP contribution < -0.4 is 5.73 Å². The summed E-state index contributed by atoms with van der Waals surface area (Å²) in [5, 5.41) is 31.3. The Hall–Kier alpha value is -3.78. The Labute approximate surface area is 374 Å². The number of nitrogens with two attached hydrogens (primary N) is 1. The molecular formula is C45H67FN6O10S. The van der Waals surface area contributed by atoms with Crippen molar-refractivity contribution in [3.63, 3.8) is 0 Å². The standard InChI is InChI=1S/C45H67FN6O10S/c1-12-33-45(9,57)30-18-17-28(51-59-22-29-23-63-40(48-29)31-15-14-16-34(47)49-31)21-58-43(7,20-24(3)36(26(30)5)50-35(53)13-2)39(27(6)38(55)44(8,46)42(56)61-33)62-41-37(54)32(52(10)11)19-25(4)60-41/h14-16,23-27,30,32-33,37,39,41,54,57H,12-13,17-22H2,1-11H3,(H2,47,49)/b50-36?,51-28+/t24-,25-,26-,27?,30-,32+,33-,37-,39-,41+,43-,44+,45+/m1/s1. The molecule has 3 fully saturated rings. The van der Waals surface area contributed by atoms with Gasteiger partial charge in [-0.05, 0) is 97.9 Å². The second-order valence-corrected chi connectivity index (χ2v) is 19.1. The lowest BCUT2D eigenvalue weighted by atomic mass is 9.68. The van der Waals surface area contributed by atoms with E-state index in [0.29, 0.717) is 40.1 Å². The number of cyclic esters (lactones) is 1. The third-order valence-corrected chi connectivity index (χ3v) is 13.9. The zero-order chi connectivity index (χ0) is 46.6. The zero-order valence-electron chi connectivity index (χ0n) is 38.5. The van der Waals surface area contributed by atoms with E-state index in [1.165, 1.54) is 25.2 Å². The number of ketones is 1. The fraction of sp³-hybridized carbons (Fsp3) is 0.711. The van der Waals surface area contributed by atoms with Crippen LogP contribution in [0.5, 0.6) is 0 Å². The van der Waals surface area contributed by atoms with Crippen LogP contribution in [0.4, 0.5) is 10.2 Å². The normalized spacial score (nSPS) is 37.6. The largest absolute Gasteiger partial charge is 0.457 e. The summed E-state index contributed by atoms with van der Waals surface area (Å²) >= 11 is 1.38. The molecule has 0 radical (unpaired) electrons. The van der Waals surface area contributed by atoms with Gasteiger partial charge < -0.3 is 44.6 Å². The number of aromatic nitrogens is 2. The van der Waals surface area contributed by atoms with Crippen molar-refractivity contribution < 1.29 is 52.8 Å². The highest BCUT2D eigenvalue weighted by Crippen LogP contribution is 2.43. The summed E-state index contributed by atoms with van der Waals surface area (Å²) in [4.78, 5) is 63.1. The monoisotopic (exact) mass is 902 g/mol. The molecule has 16 nitrogen and oxygen atoms in total. The van der Waals surface area contributed by atoms with Crippen molar-refractivity contribution in [2.45, 2.75) is 161 Å². The fourth-order valence-electron chi connectivity index (χ4n) is 9.42. The number of anilines is 1. The van der Waals surface area contributed by atoms with Crippen LogP contribution in [0.2, 0.25) is 0 Å².